The van der Waals surface area contributed by atoms with Gasteiger partial charge in [0.2, 0.25) is 0 Å². The van der Waals surface area contributed by atoms with Gasteiger partial charge in [0.25, 0.3) is 0 Å². The second-order valence-corrected chi connectivity index (χ2v) is 4.39. The molecule has 1 rings (SSSR count). The molecule has 0 radical (unpaired) electrons. The molecule has 1 atom stereocenters. The summed E-state index contributed by atoms with van der Waals surface area (Å²) in [6, 6.07) is 6.87. The highest BCUT2D eigenvalue weighted by atomic mass is 19.1. The minimum Gasteiger partial charge on any atom is -0.385 e. The molecule has 0 heterocycles. The third-order valence-electron chi connectivity index (χ3n) is 2.87. The van der Waals surface area contributed by atoms with E-state index in [0.29, 0.717) is 5.92 Å². The van der Waals surface area contributed by atoms with E-state index in [1.54, 1.807) is 19.2 Å². The van der Waals surface area contributed by atoms with E-state index in [4.69, 9.17) is 4.74 Å². The summed E-state index contributed by atoms with van der Waals surface area (Å²) in [5.41, 5.74) is 1.07. The predicted octanol–water partition coefficient (Wildman–Crippen LogP) is 2.63. The summed E-state index contributed by atoms with van der Waals surface area (Å²) in [7, 11) is 3.68. The highest BCUT2D eigenvalue weighted by molar-refractivity contribution is 5.16. The van der Waals surface area contributed by atoms with E-state index in [0.717, 1.165) is 38.0 Å². The molecule has 0 saturated heterocycles. The molecular weight excluding hydrogens is 217 g/mol. The van der Waals surface area contributed by atoms with E-state index >= 15 is 0 Å². The van der Waals surface area contributed by atoms with Gasteiger partial charge in [0.05, 0.1) is 0 Å². The Balaban J connectivity index is 2.47. The maximum Gasteiger partial charge on any atom is 0.123 e. The topological polar surface area (TPSA) is 21.3 Å². The maximum atomic E-state index is 13.1. The van der Waals surface area contributed by atoms with Crippen LogP contribution >= 0.6 is 0 Å². The molecule has 1 unspecified atom stereocenters. The Morgan fingerprint density at radius 3 is 2.88 bits per heavy atom. The molecule has 0 aliphatic carbocycles. The lowest BCUT2D eigenvalue weighted by Crippen LogP contribution is -2.21. The SMILES string of the molecule is CNCC(CCCOC)Cc1cccc(F)c1. The summed E-state index contributed by atoms with van der Waals surface area (Å²) in [6.07, 6.45) is 3.08. The lowest BCUT2D eigenvalue weighted by molar-refractivity contribution is 0.186. The summed E-state index contributed by atoms with van der Waals surface area (Å²) in [5.74, 6) is 0.388. The van der Waals surface area contributed by atoms with Crippen LogP contribution in [-0.2, 0) is 11.2 Å². The summed E-state index contributed by atoms with van der Waals surface area (Å²) in [6.45, 7) is 1.75. The van der Waals surface area contributed by atoms with Gasteiger partial charge in [-0.15, -0.1) is 0 Å². The zero-order chi connectivity index (χ0) is 12.5. The lowest BCUT2D eigenvalue weighted by Gasteiger charge is -2.16. The van der Waals surface area contributed by atoms with Crippen LogP contribution in [0.15, 0.2) is 24.3 Å². The normalized spacial score (nSPS) is 12.6. The van der Waals surface area contributed by atoms with Crippen LogP contribution < -0.4 is 5.32 Å². The molecule has 1 aromatic rings. The second-order valence-electron chi connectivity index (χ2n) is 4.39. The minimum atomic E-state index is -0.150. The first-order chi connectivity index (χ1) is 8.26. The first-order valence-electron chi connectivity index (χ1n) is 6.14. The number of halogens is 1. The Bertz CT molecular complexity index is 317. The van der Waals surface area contributed by atoms with E-state index in [2.05, 4.69) is 5.32 Å². The predicted molar refractivity (Wildman–Crippen MR) is 68.6 cm³/mol. The maximum absolute atomic E-state index is 13.1. The molecular formula is C14H22FNO. The van der Waals surface area contributed by atoms with Gasteiger partial charge in [0.15, 0.2) is 0 Å². The zero-order valence-electron chi connectivity index (χ0n) is 10.7. The lowest BCUT2D eigenvalue weighted by atomic mass is 9.95. The van der Waals surface area contributed by atoms with Crippen LogP contribution in [0.2, 0.25) is 0 Å². The van der Waals surface area contributed by atoms with Crippen molar-refractivity contribution in [1.29, 1.82) is 0 Å². The molecule has 0 spiro atoms. The van der Waals surface area contributed by atoms with Crippen LogP contribution in [0.5, 0.6) is 0 Å². The van der Waals surface area contributed by atoms with Gasteiger partial charge >= 0.3 is 0 Å². The minimum absolute atomic E-state index is 0.150. The number of benzene rings is 1. The van der Waals surface area contributed by atoms with Gasteiger partial charge in [-0.1, -0.05) is 12.1 Å². The monoisotopic (exact) mass is 239 g/mol. The van der Waals surface area contributed by atoms with Gasteiger partial charge in [0.1, 0.15) is 5.82 Å². The molecule has 1 aromatic carbocycles. The van der Waals surface area contributed by atoms with E-state index in [-0.39, 0.29) is 5.82 Å². The van der Waals surface area contributed by atoms with Gasteiger partial charge in [-0.25, -0.2) is 4.39 Å². The fourth-order valence-electron chi connectivity index (χ4n) is 2.08. The molecule has 96 valence electrons. The third kappa shape index (κ3) is 5.80. The number of ether oxygens (including phenoxy) is 1. The smallest absolute Gasteiger partial charge is 0.123 e. The summed E-state index contributed by atoms with van der Waals surface area (Å²) in [4.78, 5) is 0. The van der Waals surface area contributed by atoms with Crippen LogP contribution in [0, 0.1) is 11.7 Å². The largest absolute Gasteiger partial charge is 0.385 e. The summed E-state index contributed by atoms with van der Waals surface area (Å²) >= 11 is 0. The van der Waals surface area contributed by atoms with Gasteiger partial charge in [-0.05, 0) is 56.5 Å². The van der Waals surface area contributed by atoms with Crippen molar-refractivity contribution < 1.29 is 9.13 Å². The fraction of sp³-hybridized carbons (Fsp3) is 0.571. The molecule has 1 N–H and O–H groups in total. The molecule has 2 nitrogen and oxygen atoms in total. The highest BCUT2D eigenvalue weighted by Gasteiger charge is 2.09. The number of rotatable bonds is 8. The molecule has 0 aliphatic rings. The molecule has 0 bridgehead atoms. The van der Waals surface area contributed by atoms with E-state index in [9.17, 15) is 4.39 Å². The molecule has 17 heavy (non-hydrogen) atoms. The average Bonchev–Trinajstić information content (AvgIpc) is 2.29. The number of nitrogens with one attached hydrogen (secondary N) is 1. The summed E-state index contributed by atoms with van der Waals surface area (Å²) < 4.78 is 18.1. The van der Waals surface area contributed by atoms with Crippen molar-refractivity contribution in [3.63, 3.8) is 0 Å². The first-order valence-corrected chi connectivity index (χ1v) is 6.14. The number of hydrogen-bond acceptors (Lipinski definition) is 2. The Kier molecular flexibility index (Phi) is 6.82. The second kappa shape index (κ2) is 8.20. The molecule has 3 heteroatoms. The number of methoxy groups -OCH3 is 1. The van der Waals surface area contributed by atoms with Crippen LogP contribution in [0.4, 0.5) is 4.39 Å². The van der Waals surface area contributed by atoms with Crippen LogP contribution in [0.25, 0.3) is 0 Å². The van der Waals surface area contributed by atoms with Gasteiger partial charge in [0, 0.05) is 13.7 Å². The van der Waals surface area contributed by atoms with Crippen molar-refractivity contribution in [1.82, 2.24) is 5.32 Å². The van der Waals surface area contributed by atoms with Gasteiger partial charge < -0.3 is 10.1 Å². The molecule has 0 aliphatic heterocycles. The van der Waals surface area contributed by atoms with Crippen molar-refractivity contribution in [2.75, 3.05) is 27.3 Å². The molecule has 0 fully saturated rings. The first kappa shape index (κ1) is 14.1. The van der Waals surface area contributed by atoms with Crippen molar-refractivity contribution in [3.8, 4) is 0 Å². The van der Waals surface area contributed by atoms with Crippen LogP contribution in [0.3, 0.4) is 0 Å². The van der Waals surface area contributed by atoms with Crippen LogP contribution in [-0.4, -0.2) is 27.3 Å². The van der Waals surface area contributed by atoms with Crippen molar-refractivity contribution >= 4 is 0 Å². The summed E-state index contributed by atoms with van der Waals surface area (Å²) in [5, 5.41) is 3.20. The third-order valence-corrected chi connectivity index (χ3v) is 2.87. The van der Waals surface area contributed by atoms with E-state index in [1.165, 1.54) is 6.07 Å². The fourth-order valence-corrected chi connectivity index (χ4v) is 2.08. The van der Waals surface area contributed by atoms with Crippen molar-refractivity contribution in [2.45, 2.75) is 19.3 Å². The average molecular weight is 239 g/mol. The van der Waals surface area contributed by atoms with E-state index < -0.39 is 0 Å². The standard InChI is InChI=1S/C14H22FNO/c1-16-11-13(6-4-8-17-2)9-12-5-3-7-14(15)10-12/h3,5,7,10,13,16H,4,6,8-9,11H2,1-2H3. The Morgan fingerprint density at radius 1 is 1.41 bits per heavy atom. The quantitative estimate of drug-likeness (QED) is 0.704. The Morgan fingerprint density at radius 2 is 2.24 bits per heavy atom. The van der Waals surface area contributed by atoms with Crippen molar-refractivity contribution in [2.24, 2.45) is 5.92 Å². The molecule has 0 amide bonds. The van der Waals surface area contributed by atoms with E-state index in [1.807, 2.05) is 13.1 Å². The van der Waals surface area contributed by atoms with Gasteiger partial charge in [-0.3, -0.25) is 0 Å². The van der Waals surface area contributed by atoms with Crippen LogP contribution in [0.1, 0.15) is 18.4 Å². The van der Waals surface area contributed by atoms with Gasteiger partial charge in [-0.2, -0.15) is 0 Å². The highest BCUT2D eigenvalue weighted by Crippen LogP contribution is 2.14. The Labute approximate surface area is 103 Å². The van der Waals surface area contributed by atoms with Crippen molar-refractivity contribution in [3.05, 3.63) is 35.6 Å². The zero-order valence-corrected chi connectivity index (χ0v) is 10.7. The Hall–Kier alpha value is -0.930. The molecule has 0 saturated carbocycles. The molecule has 0 aromatic heterocycles. The number of hydrogen-bond donors (Lipinski definition) is 1.